The molecular formula is C12H19BrN2O. The van der Waals surface area contributed by atoms with Gasteiger partial charge < -0.3 is 15.4 Å². The normalized spacial score (nSPS) is 10.4. The number of rotatable bonds is 6. The van der Waals surface area contributed by atoms with Gasteiger partial charge in [0.15, 0.2) is 0 Å². The van der Waals surface area contributed by atoms with Crippen molar-refractivity contribution in [3.8, 4) is 0 Å². The Labute approximate surface area is 106 Å². The molecule has 0 saturated heterocycles. The van der Waals surface area contributed by atoms with E-state index in [4.69, 9.17) is 10.5 Å². The number of ether oxygens (including phenoxy) is 1. The van der Waals surface area contributed by atoms with E-state index in [-0.39, 0.29) is 0 Å². The van der Waals surface area contributed by atoms with Gasteiger partial charge in [-0.3, -0.25) is 0 Å². The summed E-state index contributed by atoms with van der Waals surface area (Å²) in [7, 11) is 2.02. The van der Waals surface area contributed by atoms with Gasteiger partial charge in [0, 0.05) is 24.7 Å². The highest BCUT2D eigenvalue weighted by molar-refractivity contribution is 9.10. The van der Waals surface area contributed by atoms with Gasteiger partial charge in [-0.2, -0.15) is 0 Å². The summed E-state index contributed by atoms with van der Waals surface area (Å²) in [5.74, 6) is 0. The van der Waals surface area contributed by atoms with Gasteiger partial charge in [0.2, 0.25) is 0 Å². The van der Waals surface area contributed by atoms with Crippen molar-refractivity contribution in [2.24, 2.45) is 0 Å². The van der Waals surface area contributed by atoms with Crippen LogP contribution in [0.25, 0.3) is 0 Å². The quantitative estimate of drug-likeness (QED) is 0.646. The lowest BCUT2D eigenvalue weighted by Crippen LogP contribution is -2.23. The van der Waals surface area contributed by atoms with Crippen LogP contribution in [-0.2, 0) is 4.74 Å². The van der Waals surface area contributed by atoms with E-state index in [0.29, 0.717) is 0 Å². The summed E-state index contributed by atoms with van der Waals surface area (Å²) in [4.78, 5) is 2.11. The molecule has 0 aliphatic rings. The Hall–Kier alpha value is -0.740. The molecule has 0 aliphatic carbocycles. The largest absolute Gasteiger partial charge is 0.397 e. The maximum atomic E-state index is 5.94. The molecule has 1 aromatic rings. The van der Waals surface area contributed by atoms with E-state index < -0.39 is 0 Å². The van der Waals surface area contributed by atoms with Crippen molar-refractivity contribution in [3.63, 3.8) is 0 Å². The highest BCUT2D eigenvalue weighted by Crippen LogP contribution is 2.25. The molecule has 0 bridgehead atoms. The Morgan fingerprint density at radius 2 is 2.12 bits per heavy atom. The molecule has 1 aromatic carbocycles. The molecule has 0 amide bonds. The van der Waals surface area contributed by atoms with Gasteiger partial charge in [0.1, 0.15) is 0 Å². The number of nitrogen functional groups attached to an aromatic ring is 1. The summed E-state index contributed by atoms with van der Waals surface area (Å²) < 4.78 is 6.45. The lowest BCUT2D eigenvalue weighted by Gasteiger charge is -2.21. The second-order valence-electron chi connectivity index (χ2n) is 3.74. The molecular weight excluding hydrogens is 268 g/mol. The van der Waals surface area contributed by atoms with Crippen molar-refractivity contribution < 1.29 is 4.74 Å². The Bertz CT molecular complexity index is 331. The molecule has 2 N–H and O–H groups in total. The zero-order valence-corrected chi connectivity index (χ0v) is 11.5. The number of hydrogen-bond acceptors (Lipinski definition) is 3. The van der Waals surface area contributed by atoms with Gasteiger partial charge in [-0.25, -0.2) is 0 Å². The summed E-state index contributed by atoms with van der Waals surface area (Å²) in [5.41, 5.74) is 7.77. The van der Waals surface area contributed by atoms with Crippen LogP contribution in [0.5, 0.6) is 0 Å². The van der Waals surface area contributed by atoms with Crippen molar-refractivity contribution in [2.75, 3.05) is 37.4 Å². The monoisotopic (exact) mass is 286 g/mol. The fourth-order valence-electron chi connectivity index (χ4n) is 1.44. The molecule has 0 radical (unpaired) electrons. The lowest BCUT2D eigenvalue weighted by molar-refractivity contribution is 0.141. The first-order valence-corrected chi connectivity index (χ1v) is 6.28. The fraction of sp³-hybridized carbons (Fsp3) is 0.500. The molecule has 3 nitrogen and oxygen atoms in total. The molecule has 0 heterocycles. The van der Waals surface area contributed by atoms with E-state index >= 15 is 0 Å². The van der Waals surface area contributed by atoms with E-state index in [2.05, 4.69) is 27.8 Å². The zero-order chi connectivity index (χ0) is 12.0. The van der Waals surface area contributed by atoms with Crippen LogP contribution in [0.15, 0.2) is 22.7 Å². The Kier molecular flexibility index (Phi) is 5.63. The average Bonchev–Trinajstić information content (AvgIpc) is 2.24. The van der Waals surface area contributed by atoms with E-state index in [9.17, 15) is 0 Å². The summed E-state index contributed by atoms with van der Waals surface area (Å²) >= 11 is 3.40. The fourth-order valence-corrected chi connectivity index (χ4v) is 1.82. The van der Waals surface area contributed by atoms with Crippen LogP contribution in [0.2, 0.25) is 0 Å². The maximum Gasteiger partial charge on any atom is 0.0641 e. The van der Waals surface area contributed by atoms with Gasteiger partial charge in [0.25, 0.3) is 0 Å². The van der Waals surface area contributed by atoms with Gasteiger partial charge in [0.05, 0.1) is 18.0 Å². The van der Waals surface area contributed by atoms with Crippen molar-refractivity contribution in [1.82, 2.24) is 0 Å². The first kappa shape index (κ1) is 13.3. The Morgan fingerprint density at radius 3 is 2.75 bits per heavy atom. The molecule has 0 saturated carbocycles. The number of likely N-dealkylation sites (N-methyl/N-ethyl adjacent to an activating group) is 1. The minimum Gasteiger partial charge on any atom is -0.397 e. The van der Waals surface area contributed by atoms with Crippen LogP contribution in [0.3, 0.4) is 0 Å². The zero-order valence-electron chi connectivity index (χ0n) is 9.87. The maximum absolute atomic E-state index is 5.94. The van der Waals surface area contributed by atoms with E-state index in [0.717, 1.165) is 42.0 Å². The second kappa shape index (κ2) is 6.76. The van der Waals surface area contributed by atoms with Gasteiger partial charge in [-0.15, -0.1) is 0 Å². The van der Waals surface area contributed by atoms with E-state index in [1.54, 1.807) is 0 Å². The van der Waals surface area contributed by atoms with Crippen LogP contribution in [0.4, 0.5) is 11.4 Å². The predicted octanol–water partition coefficient (Wildman–Crippen LogP) is 2.89. The van der Waals surface area contributed by atoms with Crippen LogP contribution in [-0.4, -0.2) is 26.8 Å². The van der Waals surface area contributed by atoms with Gasteiger partial charge >= 0.3 is 0 Å². The van der Waals surface area contributed by atoms with Crippen molar-refractivity contribution in [2.45, 2.75) is 13.3 Å². The molecule has 0 unspecified atom stereocenters. The molecule has 0 aliphatic heterocycles. The van der Waals surface area contributed by atoms with E-state index in [1.807, 2.05) is 25.2 Å². The molecule has 0 spiro atoms. The highest BCUT2D eigenvalue weighted by atomic mass is 79.9. The topological polar surface area (TPSA) is 38.5 Å². The first-order chi connectivity index (χ1) is 7.65. The van der Waals surface area contributed by atoms with Crippen LogP contribution >= 0.6 is 15.9 Å². The van der Waals surface area contributed by atoms with Crippen molar-refractivity contribution >= 4 is 27.3 Å². The Balaban J connectivity index is 2.49. The first-order valence-electron chi connectivity index (χ1n) is 5.49. The number of halogens is 1. The molecule has 90 valence electrons. The highest BCUT2D eigenvalue weighted by Gasteiger charge is 2.05. The molecule has 0 aromatic heterocycles. The molecule has 0 atom stereocenters. The van der Waals surface area contributed by atoms with Crippen molar-refractivity contribution in [1.29, 1.82) is 0 Å². The van der Waals surface area contributed by atoms with Gasteiger partial charge in [-0.1, -0.05) is 22.9 Å². The summed E-state index contributed by atoms with van der Waals surface area (Å²) in [6.07, 6.45) is 1.06. The van der Waals surface area contributed by atoms with Crippen LogP contribution in [0.1, 0.15) is 13.3 Å². The van der Waals surface area contributed by atoms with Gasteiger partial charge in [-0.05, 0) is 24.6 Å². The Morgan fingerprint density at radius 1 is 1.38 bits per heavy atom. The standard InChI is InChI=1S/C12H19BrN2O/c1-3-7-16-8-6-15(2)12-5-4-10(13)9-11(12)14/h4-5,9H,3,6-8,14H2,1-2H3. The molecule has 4 heteroatoms. The summed E-state index contributed by atoms with van der Waals surface area (Å²) in [6, 6.07) is 5.92. The predicted molar refractivity (Wildman–Crippen MR) is 72.9 cm³/mol. The second-order valence-corrected chi connectivity index (χ2v) is 4.65. The minimum absolute atomic E-state index is 0.736. The third kappa shape index (κ3) is 4.02. The number of benzene rings is 1. The minimum atomic E-state index is 0.736. The third-order valence-corrected chi connectivity index (χ3v) is 2.81. The summed E-state index contributed by atoms with van der Waals surface area (Å²) in [5, 5.41) is 0. The summed E-state index contributed by atoms with van der Waals surface area (Å²) in [6.45, 7) is 4.52. The number of anilines is 2. The number of hydrogen-bond donors (Lipinski definition) is 1. The molecule has 1 rings (SSSR count). The van der Waals surface area contributed by atoms with Crippen LogP contribution in [0, 0.1) is 0 Å². The number of nitrogens with zero attached hydrogens (tertiary/aromatic N) is 1. The smallest absolute Gasteiger partial charge is 0.0641 e. The lowest BCUT2D eigenvalue weighted by atomic mass is 10.2. The molecule has 0 fully saturated rings. The third-order valence-electron chi connectivity index (χ3n) is 2.32. The van der Waals surface area contributed by atoms with Crippen LogP contribution < -0.4 is 10.6 Å². The molecule has 16 heavy (non-hydrogen) atoms. The SMILES string of the molecule is CCCOCCN(C)c1ccc(Br)cc1N. The number of nitrogens with two attached hydrogens (primary N) is 1. The van der Waals surface area contributed by atoms with Crippen molar-refractivity contribution in [3.05, 3.63) is 22.7 Å². The average molecular weight is 287 g/mol. The van der Waals surface area contributed by atoms with E-state index in [1.165, 1.54) is 0 Å².